The average Bonchev–Trinajstić information content (AvgIpc) is 3.37. The van der Waals surface area contributed by atoms with E-state index in [1.54, 1.807) is 0 Å². The van der Waals surface area contributed by atoms with Crippen LogP contribution in [0.5, 0.6) is 0 Å². The summed E-state index contributed by atoms with van der Waals surface area (Å²) in [5, 5.41) is 50.3. The zero-order valence-electron chi connectivity index (χ0n) is 45.4. The van der Waals surface area contributed by atoms with E-state index < -0.39 is 0 Å². The van der Waals surface area contributed by atoms with Crippen LogP contribution in [0.2, 0.25) is 0 Å². The molecular weight excluding hydrogens is 901 g/mol. The van der Waals surface area contributed by atoms with Crippen molar-refractivity contribution in [2.75, 3.05) is 198 Å². The van der Waals surface area contributed by atoms with Crippen molar-refractivity contribution >= 4 is 0 Å². The predicted molar refractivity (Wildman–Crippen MR) is 276 cm³/mol. The van der Waals surface area contributed by atoms with Crippen molar-refractivity contribution in [2.45, 2.75) is 138 Å². The minimum absolute atomic E-state index is 0.0922. The Morgan fingerprint density at radius 3 is 0.667 bits per heavy atom. The fourth-order valence-electron chi connectivity index (χ4n) is 4.28. The van der Waals surface area contributed by atoms with Crippen LogP contribution >= 0.6 is 0 Å². The molecule has 0 atom stereocenters. The van der Waals surface area contributed by atoms with Gasteiger partial charge in [-0.3, -0.25) is 0 Å². The van der Waals surface area contributed by atoms with Crippen LogP contribution in [0.3, 0.4) is 0 Å². The second-order valence-corrected chi connectivity index (χ2v) is 14.8. The van der Waals surface area contributed by atoms with Crippen LogP contribution in [-0.2, 0) is 56.8 Å². The number of hydrogen-bond donors (Lipinski definition) is 6. The monoisotopic (exact) mass is 1010 g/mol. The smallest absolute Gasteiger partial charge is 0.0701 e. The van der Waals surface area contributed by atoms with Crippen molar-refractivity contribution in [2.24, 2.45) is 0 Å². The second-order valence-electron chi connectivity index (χ2n) is 14.8. The third kappa shape index (κ3) is 113. The Labute approximate surface area is 422 Å². The zero-order valence-corrected chi connectivity index (χ0v) is 45.4. The number of aliphatic hydroxyl groups is 6. The first-order valence-corrected chi connectivity index (χ1v) is 26.6. The summed E-state index contributed by atoms with van der Waals surface area (Å²) in [6.45, 7) is 30.0. The van der Waals surface area contributed by atoms with Gasteiger partial charge in [-0.2, -0.15) is 0 Å². The van der Waals surface area contributed by atoms with Gasteiger partial charge in [-0.05, 0) is 84.0 Å². The summed E-state index contributed by atoms with van der Waals surface area (Å²) in [6, 6.07) is 0. The van der Waals surface area contributed by atoms with Gasteiger partial charge in [-0.15, -0.1) is 0 Å². The number of ether oxygens (including phenoxy) is 12. The van der Waals surface area contributed by atoms with E-state index in [1.807, 2.05) is 6.92 Å². The van der Waals surface area contributed by atoms with Crippen molar-refractivity contribution in [3.05, 3.63) is 0 Å². The molecule has 0 aromatic carbocycles. The molecule has 0 aliphatic carbocycles. The predicted octanol–water partition coefficient (Wildman–Crippen LogP) is 6.04. The van der Waals surface area contributed by atoms with Crippen LogP contribution in [0, 0.1) is 0 Å². The van der Waals surface area contributed by atoms with E-state index in [2.05, 4.69) is 34.6 Å². The number of hydrogen-bond acceptors (Lipinski definition) is 18. The molecule has 0 fully saturated rings. The Kier molecular flexibility index (Phi) is 108. The summed E-state index contributed by atoms with van der Waals surface area (Å²) in [7, 11) is 0. The maximum Gasteiger partial charge on any atom is 0.0701 e. The molecule has 69 heavy (non-hydrogen) atoms. The molecule has 0 saturated heterocycles. The van der Waals surface area contributed by atoms with E-state index >= 15 is 0 Å². The fraction of sp³-hybridized carbons (Fsp3) is 1.00. The summed E-state index contributed by atoms with van der Waals surface area (Å²) in [4.78, 5) is 0. The van der Waals surface area contributed by atoms with E-state index in [1.165, 1.54) is 12.8 Å². The minimum atomic E-state index is 0.0922. The lowest BCUT2D eigenvalue weighted by atomic mass is 10.3. The SMILES string of the molecule is CCCCOCCCCOCCO.CCCCOCCCOCCO.CCCCOCCOCCO.CCCOCCCOCCCO.CCCOCCOCCCO.CCOCCOCCCO. The van der Waals surface area contributed by atoms with Crippen molar-refractivity contribution < 1.29 is 87.5 Å². The third-order valence-corrected chi connectivity index (χ3v) is 7.97. The molecule has 0 spiro atoms. The maximum atomic E-state index is 8.43. The standard InChI is InChI=1S/C10H22O3.2C9H20O3.2C8H18O3.C7H16O3/c1-2-3-7-12-8-4-5-9-13-10-6-11;1-2-6-11-8-4-9-12-7-3-5-10;1-2-3-6-11-7-4-8-12-9-5-10;1-2-5-10-7-8-11-6-3-4-9;1-2-3-5-10-7-8-11-6-4-9;1-2-9-6-7-10-5-3-4-8/h11H,2-10H2,1H3;2*10H,2-9H2,1H3;2*9H,2-8H2,1H3;8H,2-7H2,1H3. The molecule has 18 nitrogen and oxygen atoms in total. The van der Waals surface area contributed by atoms with Gasteiger partial charge in [-0.25, -0.2) is 0 Å². The number of unbranched alkanes of at least 4 members (excludes halogenated alkanes) is 4. The summed E-state index contributed by atoms with van der Waals surface area (Å²) < 4.78 is 62.0. The van der Waals surface area contributed by atoms with Gasteiger partial charge in [0, 0.05) is 119 Å². The Morgan fingerprint density at radius 1 is 0.174 bits per heavy atom. The molecule has 426 valence electrons. The molecule has 0 amide bonds. The summed E-state index contributed by atoms with van der Waals surface area (Å²) in [5.41, 5.74) is 0. The molecule has 0 bridgehead atoms. The van der Waals surface area contributed by atoms with Gasteiger partial charge >= 0.3 is 0 Å². The zero-order chi connectivity index (χ0) is 52.3. The molecule has 0 saturated carbocycles. The highest BCUT2D eigenvalue weighted by molar-refractivity contribution is 4.41. The fourth-order valence-corrected chi connectivity index (χ4v) is 4.28. The van der Waals surface area contributed by atoms with Crippen molar-refractivity contribution in [1.82, 2.24) is 0 Å². The molecule has 18 heteroatoms. The lowest BCUT2D eigenvalue weighted by Gasteiger charge is -2.03. The average molecular weight is 1020 g/mol. The van der Waals surface area contributed by atoms with E-state index in [4.69, 9.17) is 87.5 Å². The van der Waals surface area contributed by atoms with Crippen molar-refractivity contribution in [1.29, 1.82) is 0 Å². The van der Waals surface area contributed by atoms with Crippen LogP contribution in [0.1, 0.15) is 138 Å². The highest BCUT2D eigenvalue weighted by Crippen LogP contribution is 1.95. The van der Waals surface area contributed by atoms with Crippen molar-refractivity contribution in [3.8, 4) is 0 Å². The molecular formula is C51H114O18. The first-order valence-electron chi connectivity index (χ1n) is 26.6. The molecule has 0 aromatic rings. The number of aliphatic hydroxyl groups excluding tert-OH is 6. The van der Waals surface area contributed by atoms with Gasteiger partial charge in [0.1, 0.15) is 0 Å². The van der Waals surface area contributed by atoms with E-state index in [9.17, 15) is 0 Å². The largest absolute Gasteiger partial charge is 0.396 e. The first-order chi connectivity index (χ1) is 34.0. The summed E-state index contributed by atoms with van der Waals surface area (Å²) in [6.07, 6.45) is 15.2. The van der Waals surface area contributed by atoms with E-state index in [0.29, 0.717) is 98.7 Å². The highest BCUT2D eigenvalue weighted by Gasteiger charge is 1.93. The quantitative estimate of drug-likeness (QED) is 0.0381. The minimum Gasteiger partial charge on any atom is -0.396 e. The third-order valence-electron chi connectivity index (χ3n) is 7.97. The molecule has 6 N–H and O–H groups in total. The van der Waals surface area contributed by atoms with Gasteiger partial charge in [0.15, 0.2) is 0 Å². The van der Waals surface area contributed by atoms with Crippen LogP contribution in [0.15, 0.2) is 0 Å². The van der Waals surface area contributed by atoms with Gasteiger partial charge < -0.3 is 87.5 Å². The molecule has 0 aliphatic rings. The molecule has 0 unspecified atom stereocenters. The van der Waals surface area contributed by atoms with Gasteiger partial charge in [0.05, 0.1) is 79.3 Å². The molecule has 0 radical (unpaired) electrons. The van der Waals surface area contributed by atoms with Gasteiger partial charge in [0.2, 0.25) is 0 Å². The van der Waals surface area contributed by atoms with Gasteiger partial charge in [-0.1, -0.05) is 53.9 Å². The van der Waals surface area contributed by atoms with Crippen LogP contribution in [0.25, 0.3) is 0 Å². The molecule has 0 aliphatic heterocycles. The van der Waals surface area contributed by atoms with E-state index in [-0.39, 0.29) is 39.6 Å². The van der Waals surface area contributed by atoms with Crippen LogP contribution < -0.4 is 0 Å². The van der Waals surface area contributed by atoms with Crippen LogP contribution in [0.4, 0.5) is 0 Å². The Balaban J connectivity index is -0.000000173. The lowest BCUT2D eigenvalue weighted by molar-refractivity contribution is 0.0324. The number of rotatable bonds is 51. The van der Waals surface area contributed by atoms with Crippen molar-refractivity contribution in [3.63, 3.8) is 0 Å². The lowest BCUT2D eigenvalue weighted by Crippen LogP contribution is -2.07. The Morgan fingerprint density at radius 2 is 0.391 bits per heavy atom. The first kappa shape index (κ1) is 79.7. The van der Waals surface area contributed by atoms with Gasteiger partial charge in [0.25, 0.3) is 0 Å². The maximum absolute atomic E-state index is 8.43. The Bertz CT molecular complexity index is 630. The molecule has 0 aromatic heterocycles. The molecule has 0 heterocycles. The highest BCUT2D eigenvalue weighted by atomic mass is 16.5. The van der Waals surface area contributed by atoms with E-state index in [0.717, 1.165) is 143 Å². The van der Waals surface area contributed by atoms with Crippen LogP contribution in [-0.4, -0.2) is 229 Å². The normalized spacial score (nSPS) is 10.4. The molecule has 0 rings (SSSR count). The second kappa shape index (κ2) is 93.3. The summed E-state index contributed by atoms with van der Waals surface area (Å²) >= 11 is 0. The topological polar surface area (TPSA) is 232 Å². The summed E-state index contributed by atoms with van der Waals surface area (Å²) in [5.74, 6) is 0. The Hall–Kier alpha value is -0.720.